The number of rotatable bonds is 6. The van der Waals surface area contributed by atoms with E-state index in [1.54, 1.807) is 18.4 Å². The van der Waals surface area contributed by atoms with Crippen molar-refractivity contribution < 1.29 is 4.74 Å². The molecule has 0 aliphatic rings. The Hall–Kier alpha value is -1.03. The van der Waals surface area contributed by atoms with E-state index in [0.29, 0.717) is 12.1 Å². The molecule has 2 rings (SSSR count). The quantitative estimate of drug-likeness (QED) is 0.835. The van der Waals surface area contributed by atoms with Crippen LogP contribution in [0.4, 0.5) is 0 Å². The highest BCUT2D eigenvalue weighted by Gasteiger charge is 2.13. The first-order valence-electron chi connectivity index (χ1n) is 6.73. The Morgan fingerprint density at radius 1 is 1.20 bits per heavy atom. The van der Waals surface area contributed by atoms with Crippen LogP contribution < -0.4 is 10.1 Å². The van der Waals surface area contributed by atoms with E-state index in [0.717, 1.165) is 16.5 Å². The summed E-state index contributed by atoms with van der Waals surface area (Å²) in [5.41, 5.74) is 1.23. The molecule has 2 unspecified atom stereocenters. The van der Waals surface area contributed by atoms with Crippen LogP contribution in [0.1, 0.15) is 30.3 Å². The second kappa shape index (κ2) is 7.11. The van der Waals surface area contributed by atoms with Gasteiger partial charge in [-0.15, -0.1) is 11.3 Å². The number of ether oxygens (including phenoxy) is 1. The van der Waals surface area contributed by atoms with Gasteiger partial charge in [-0.3, -0.25) is 0 Å². The van der Waals surface area contributed by atoms with E-state index in [-0.39, 0.29) is 0 Å². The predicted molar refractivity (Wildman–Crippen MR) is 87.0 cm³/mol. The standard InChI is InChI=1S/C16H20ClNOS/c1-11(10-13-6-4-5-7-14(13)19-3)18-12(2)15-8-9-16(17)20-15/h4-9,11-12,18H,10H2,1-3H3. The van der Waals surface area contributed by atoms with Gasteiger partial charge >= 0.3 is 0 Å². The Bertz CT molecular complexity index is 555. The molecule has 0 aliphatic heterocycles. The fraction of sp³-hybridized carbons (Fsp3) is 0.375. The zero-order valence-electron chi connectivity index (χ0n) is 12.0. The van der Waals surface area contributed by atoms with Crippen molar-refractivity contribution in [1.29, 1.82) is 0 Å². The third-order valence-corrected chi connectivity index (χ3v) is 4.69. The molecule has 0 spiro atoms. The smallest absolute Gasteiger partial charge is 0.122 e. The molecule has 1 N–H and O–H groups in total. The van der Waals surface area contributed by atoms with Crippen molar-refractivity contribution in [2.75, 3.05) is 7.11 Å². The van der Waals surface area contributed by atoms with Gasteiger partial charge in [-0.1, -0.05) is 29.8 Å². The summed E-state index contributed by atoms with van der Waals surface area (Å²) in [6.07, 6.45) is 0.938. The number of hydrogen-bond donors (Lipinski definition) is 1. The molecule has 0 saturated heterocycles. The zero-order valence-corrected chi connectivity index (χ0v) is 13.6. The molecule has 108 valence electrons. The van der Waals surface area contributed by atoms with Crippen LogP contribution in [0.2, 0.25) is 4.34 Å². The lowest BCUT2D eigenvalue weighted by Crippen LogP contribution is -2.30. The van der Waals surface area contributed by atoms with E-state index in [2.05, 4.69) is 31.3 Å². The van der Waals surface area contributed by atoms with Gasteiger partial charge < -0.3 is 10.1 Å². The fourth-order valence-electron chi connectivity index (χ4n) is 2.33. The molecular weight excluding hydrogens is 290 g/mol. The van der Waals surface area contributed by atoms with Crippen molar-refractivity contribution >= 4 is 22.9 Å². The normalized spacial score (nSPS) is 14.0. The van der Waals surface area contributed by atoms with Crippen molar-refractivity contribution in [3.8, 4) is 5.75 Å². The van der Waals surface area contributed by atoms with Crippen LogP contribution in [0.25, 0.3) is 0 Å². The van der Waals surface area contributed by atoms with E-state index in [1.807, 2.05) is 24.3 Å². The summed E-state index contributed by atoms with van der Waals surface area (Å²) in [4.78, 5) is 1.27. The van der Waals surface area contributed by atoms with E-state index < -0.39 is 0 Å². The maximum Gasteiger partial charge on any atom is 0.122 e. The molecule has 0 fully saturated rings. The SMILES string of the molecule is COc1ccccc1CC(C)NC(C)c1ccc(Cl)s1. The first-order chi connectivity index (χ1) is 9.60. The van der Waals surface area contributed by atoms with E-state index in [4.69, 9.17) is 16.3 Å². The fourth-order valence-corrected chi connectivity index (χ4v) is 3.40. The lowest BCUT2D eigenvalue weighted by atomic mass is 10.1. The number of halogens is 1. The van der Waals surface area contributed by atoms with Crippen molar-refractivity contribution in [1.82, 2.24) is 5.32 Å². The Labute approximate surface area is 129 Å². The largest absolute Gasteiger partial charge is 0.496 e. The lowest BCUT2D eigenvalue weighted by Gasteiger charge is -2.20. The topological polar surface area (TPSA) is 21.3 Å². The molecule has 0 bridgehead atoms. The summed E-state index contributed by atoms with van der Waals surface area (Å²) in [6, 6.07) is 12.9. The number of benzene rings is 1. The van der Waals surface area contributed by atoms with Crippen molar-refractivity contribution in [3.05, 3.63) is 51.2 Å². The Balaban J connectivity index is 1.96. The molecule has 2 atom stereocenters. The highest BCUT2D eigenvalue weighted by molar-refractivity contribution is 7.16. The number of thiophene rings is 1. The molecule has 0 aliphatic carbocycles. The minimum atomic E-state index is 0.303. The molecule has 20 heavy (non-hydrogen) atoms. The second-order valence-corrected chi connectivity index (χ2v) is 6.69. The van der Waals surface area contributed by atoms with Gasteiger partial charge in [0.2, 0.25) is 0 Å². The molecule has 2 nitrogen and oxygen atoms in total. The van der Waals surface area contributed by atoms with Crippen LogP contribution >= 0.6 is 22.9 Å². The summed E-state index contributed by atoms with van der Waals surface area (Å²) in [6.45, 7) is 4.36. The van der Waals surface area contributed by atoms with Crippen molar-refractivity contribution in [3.63, 3.8) is 0 Å². The van der Waals surface area contributed by atoms with Crippen LogP contribution in [0.15, 0.2) is 36.4 Å². The average molecular weight is 310 g/mol. The maximum absolute atomic E-state index is 5.98. The van der Waals surface area contributed by atoms with Gasteiger partial charge in [0.1, 0.15) is 5.75 Å². The number of hydrogen-bond acceptors (Lipinski definition) is 3. The van der Waals surface area contributed by atoms with Crippen molar-refractivity contribution in [2.45, 2.75) is 32.4 Å². The Kier molecular flexibility index (Phi) is 5.46. The second-order valence-electron chi connectivity index (χ2n) is 4.95. The van der Waals surface area contributed by atoms with Crippen molar-refractivity contribution in [2.24, 2.45) is 0 Å². The Morgan fingerprint density at radius 2 is 1.95 bits per heavy atom. The van der Waals surface area contributed by atoms with Crippen LogP contribution in [0.3, 0.4) is 0 Å². The van der Waals surface area contributed by atoms with Gasteiger partial charge in [0.25, 0.3) is 0 Å². The highest BCUT2D eigenvalue weighted by atomic mass is 35.5. The van der Waals surface area contributed by atoms with Crippen LogP contribution in [0, 0.1) is 0 Å². The number of para-hydroxylation sites is 1. The van der Waals surface area contributed by atoms with Gasteiger partial charge in [0.05, 0.1) is 11.4 Å². The average Bonchev–Trinajstić information content (AvgIpc) is 2.86. The summed E-state index contributed by atoms with van der Waals surface area (Å²) in [7, 11) is 1.72. The summed E-state index contributed by atoms with van der Waals surface area (Å²) in [5.74, 6) is 0.952. The third kappa shape index (κ3) is 3.98. The van der Waals surface area contributed by atoms with E-state index >= 15 is 0 Å². The van der Waals surface area contributed by atoms with E-state index in [9.17, 15) is 0 Å². The minimum absolute atomic E-state index is 0.303. The molecular formula is C16H20ClNOS. The molecule has 0 radical (unpaired) electrons. The number of nitrogens with one attached hydrogen (secondary N) is 1. The highest BCUT2D eigenvalue weighted by Crippen LogP contribution is 2.27. The minimum Gasteiger partial charge on any atom is -0.496 e. The van der Waals surface area contributed by atoms with E-state index in [1.165, 1.54) is 10.4 Å². The predicted octanol–water partition coefficient (Wildman–Crippen LogP) is 4.69. The van der Waals surface area contributed by atoms with Gasteiger partial charge in [0.15, 0.2) is 0 Å². The van der Waals surface area contributed by atoms with Crippen LogP contribution in [-0.2, 0) is 6.42 Å². The molecule has 4 heteroatoms. The monoisotopic (exact) mass is 309 g/mol. The maximum atomic E-state index is 5.98. The summed E-state index contributed by atoms with van der Waals surface area (Å²) < 4.78 is 6.23. The molecule has 0 amide bonds. The van der Waals surface area contributed by atoms with Gasteiger partial charge in [-0.2, -0.15) is 0 Å². The van der Waals surface area contributed by atoms with Gasteiger partial charge in [-0.05, 0) is 44.0 Å². The summed E-state index contributed by atoms with van der Waals surface area (Å²) >= 11 is 7.61. The summed E-state index contributed by atoms with van der Waals surface area (Å²) in [5, 5.41) is 3.61. The molecule has 2 aromatic rings. The number of methoxy groups -OCH3 is 1. The molecule has 1 aromatic carbocycles. The van der Waals surface area contributed by atoms with Gasteiger partial charge in [-0.25, -0.2) is 0 Å². The first kappa shape index (κ1) is 15.4. The van der Waals surface area contributed by atoms with Gasteiger partial charge in [0, 0.05) is 17.0 Å². The molecule has 1 heterocycles. The zero-order chi connectivity index (χ0) is 14.5. The third-order valence-electron chi connectivity index (χ3n) is 3.27. The lowest BCUT2D eigenvalue weighted by molar-refractivity contribution is 0.403. The molecule has 1 aromatic heterocycles. The first-order valence-corrected chi connectivity index (χ1v) is 7.92. The molecule has 0 saturated carbocycles. The van der Waals surface area contributed by atoms with Crippen LogP contribution in [-0.4, -0.2) is 13.2 Å². The Morgan fingerprint density at radius 3 is 2.60 bits per heavy atom. The van der Waals surface area contributed by atoms with Crippen LogP contribution in [0.5, 0.6) is 5.75 Å².